The Kier molecular flexibility index (Phi) is 5.62. The molecule has 0 radical (unpaired) electrons. The van der Waals surface area contributed by atoms with Crippen molar-refractivity contribution in [2.75, 3.05) is 14.2 Å². The van der Waals surface area contributed by atoms with Crippen LogP contribution in [0.4, 0.5) is 18.0 Å². The normalized spacial score (nSPS) is 23.9. The minimum absolute atomic E-state index is 0.0550. The number of hydrogen-bond donors (Lipinski definition) is 3. The summed E-state index contributed by atoms with van der Waals surface area (Å²) >= 11 is 0. The molecule has 0 spiro atoms. The maximum Gasteiger partial charge on any atom is 0.437 e. The summed E-state index contributed by atoms with van der Waals surface area (Å²) in [5.41, 5.74) is -3.79. The molecule has 3 N–H and O–H groups in total. The summed E-state index contributed by atoms with van der Waals surface area (Å²) in [6, 6.07) is 8.62. The van der Waals surface area contributed by atoms with E-state index in [0.29, 0.717) is 5.75 Å². The minimum Gasteiger partial charge on any atom is -0.497 e. The van der Waals surface area contributed by atoms with Gasteiger partial charge in [0.25, 0.3) is 0 Å². The number of alkyl halides is 3. The zero-order chi connectivity index (χ0) is 22.1. The van der Waals surface area contributed by atoms with Crippen LogP contribution in [0.3, 0.4) is 0 Å². The summed E-state index contributed by atoms with van der Waals surface area (Å²) in [6.45, 7) is 0. The molecule has 0 aromatic heterocycles. The van der Waals surface area contributed by atoms with E-state index in [-0.39, 0.29) is 16.9 Å². The van der Waals surface area contributed by atoms with E-state index >= 15 is 0 Å². The van der Waals surface area contributed by atoms with Gasteiger partial charge in [-0.2, -0.15) is 13.2 Å². The van der Waals surface area contributed by atoms with Gasteiger partial charge in [0.15, 0.2) is 5.78 Å². The van der Waals surface area contributed by atoms with Gasteiger partial charge in [-0.15, -0.1) is 0 Å². The molecule has 160 valence electrons. The van der Waals surface area contributed by atoms with Crippen LogP contribution >= 0.6 is 0 Å². The largest absolute Gasteiger partial charge is 0.497 e. The van der Waals surface area contributed by atoms with E-state index in [0.717, 1.165) is 0 Å². The monoisotopic (exact) mass is 424 g/mol. The van der Waals surface area contributed by atoms with Crippen LogP contribution in [0.1, 0.15) is 22.0 Å². The Morgan fingerprint density at radius 3 is 2.33 bits per heavy atom. The summed E-state index contributed by atoms with van der Waals surface area (Å²) in [6.07, 6.45) is -5.34. The van der Waals surface area contributed by atoms with E-state index in [9.17, 15) is 27.9 Å². The standard InChI is InChI=1S/C20H19F3N2O5/c1-29-12-8-9-13(14(10-12)30-2)16-15(17(26)11-6-4-3-5-7-11)19(28,20(21,22)23)25-18(27)24-16/h3-10,15-16,28H,1-2H3,(H2,24,25,27). The zero-order valence-corrected chi connectivity index (χ0v) is 16.0. The van der Waals surface area contributed by atoms with Gasteiger partial charge in [-0.25, -0.2) is 4.79 Å². The first kappa shape index (κ1) is 21.4. The second-order valence-corrected chi connectivity index (χ2v) is 6.66. The molecular weight excluding hydrogens is 405 g/mol. The van der Waals surface area contributed by atoms with Crippen molar-refractivity contribution in [3.8, 4) is 11.5 Å². The fraction of sp³-hybridized carbons (Fsp3) is 0.300. The quantitative estimate of drug-likeness (QED) is 0.642. The Labute approximate surface area is 169 Å². The Bertz CT molecular complexity index is 951. The highest BCUT2D eigenvalue weighted by Crippen LogP contribution is 2.46. The van der Waals surface area contributed by atoms with Crippen molar-refractivity contribution in [3.05, 3.63) is 59.7 Å². The predicted octanol–water partition coefficient (Wildman–Crippen LogP) is 2.81. The summed E-state index contributed by atoms with van der Waals surface area (Å²) in [5, 5.41) is 14.4. The molecule has 0 saturated carbocycles. The molecule has 2 amide bonds. The molecule has 1 aliphatic heterocycles. The van der Waals surface area contributed by atoms with Crippen molar-refractivity contribution in [1.82, 2.24) is 10.6 Å². The predicted molar refractivity (Wildman–Crippen MR) is 99.2 cm³/mol. The van der Waals surface area contributed by atoms with Crippen LogP contribution in [-0.4, -0.2) is 43.0 Å². The number of ether oxygens (including phenoxy) is 2. The van der Waals surface area contributed by atoms with Crippen molar-refractivity contribution in [1.29, 1.82) is 0 Å². The number of methoxy groups -OCH3 is 2. The van der Waals surface area contributed by atoms with Gasteiger partial charge in [-0.05, 0) is 12.1 Å². The highest BCUT2D eigenvalue weighted by molar-refractivity contribution is 6.00. The first-order valence-electron chi connectivity index (χ1n) is 8.81. The average Bonchev–Trinajstić information content (AvgIpc) is 2.72. The molecule has 0 aliphatic carbocycles. The van der Waals surface area contributed by atoms with Gasteiger partial charge < -0.3 is 25.2 Å². The summed E-state index contributed by atoms with van der Waals surface area (Å²) in [5.74, 6) is -2.71. The third kappa shape index (κ3) is 3.65. The minimum atomic E-state index is -5.34. The number of Topliss-reactive ketones (excluding diaryl/α,β-unsaturated/α-hetero) is 1. The van der Waals surface area contributed by atoms with E-state index < -0.39 is 35.7 Å². The number of hydrogen-bond acceptors (Lipinski definition) is 5. The fourth-order valence-electron chi connectivity index (χ4n) is 3.46. The zero-order valence-electron chi connectivity index (χ0n) is 16.0. The molecule has 3 unspecified atom stereocenters. The van der Waals surface area contributed by atoms with Gasteiger partial charge in [0.1, 0.15) is 17.4 Å². The van der Waals surface area contributed by atoms with Crippen LogP contribution in [0.2, 0.25) is 0 Å². The molecule has 1 heterocycles. The maximum atomic E-state index is 13.9. The first-order chi connectivity index (χ1) is 14.1. The van der Waals surface area contributed by atoms with Gasteiger partial charge in [0.2, 0.25) is 5.72 Å². The topological polar surface area (TPSA) is 96.9 Å². The van der Waals surface area contributed by atoms with Gasteiger partial charge in [-0.3, -0.25) is 4.79 Å². The molecule has 3 rings (SSSR count). The Morgan fingerprint density at radius 2 is 1.77 bits per heavy atom. The lowest BCUT2D eigenvalue weighted by Crippen LogP contribution is -2.72. The highest BCUT2D eigenvalue weighted by atomic mass is 19.4. The molecule has 1 aliphatic rings. The lowest BCUT2D eigenvalue weighted by molar-refractivity contribution is -0.287. The van der Waals surface area contributed by atoms with E-state index in [1.165, 1.54) is 62.0 Å². The number of amides is 2. The second kappa shape index (κ2) is 7.86. The van der Waals surface area contributed by atoms with Crippen molar-refractivity contribution in [3.63, 3.8) is 0 Å². The highest BCUT2D eigenvalue weighted by Gasteiger charge is 2.66. The number of carbonyl (C=O) groups excluding carboxylic acids is 2. The lowest BCUT2D eigenvalue weighted by atomic mass is 9.77. The van der Waals surface area contributed by atoms with Crippen molar-refractivity contribution in [2.24, 2.45) is 5.92 Å². The van der Waals surface area contributed by atoms with E-state index in [2.05, 4.69) is 5.32 Å². The lowest BCUT2D eigenvalue weighted by Gasteiger charge is -2.45. The number of halogens is 3. The third-order valence-corrected chi connectivity index (χ3v) is 4.92. The van der Waals surface area contributed by atoms with Crippen LogP contribution in [-0.2, 0) is 0 Å². The Balaban J connectivity index is 2.21. The Morgan fingerprint density at radius 1 is 1.10 bits per heavy atom. The molecule has 1 saturated heterocycles. The van der Waals surface area contributed by atoms with Crippen LogP contribution in [0.5, 0.6) is 11.5 Å². The molecular formula is C20H19F3N2O5. The average molecular weight is 424 g/mol. The number of carbonyl (C=O) groups is 2. The smallest absolute Gasteiger partial charge is 0.437 e. The number of nitrogens with one attached hydrogen (secondary N) is 2. The molecule has 10 heteroatoms. The van der Waals surface area contributed by atoms with Crippen molar-refractivity contribution >= 4 is 11.8 Å². The fourth-order valence-corrected chi connectivity index (χ4v) is 3.46. The van der Waals surface area contributed by atoms with E-state index in [1.54, 1.807) is 6.07 Å². The first-order valence-corrected chi connectivity index (χ1v) is 8.81. The molecule has 1 fully saturated rings. The van der Waals surface area contributed by atoms with Gasteiger partial charge in [0.05, 0.1) is 20.3 Å². The van der Waals surface area contributed by atoms with Crippen molar-refractivity contribution in [2.45, 2.75) is 17.9 Å². The summed E-state index contributed by atoms with van der Waals surface area (Å²) < 4.78 is 52.1. The third-order valence-electron chi connectivity index (χ3n) is 4.92. The molecule has 0 bridgehead atoms. The molecule has 30 heavy (non-hydrogen) atoms. The van der Waals surface area contributed by atoms with E-state index in [1.807, 2.05) is 0 Å². The maximum absolute atomic E-state index is 13.9. The van der Waals surface area contributed by atoms with E-state index in [4.69, 9.17) is 9.47 Å². The summed E-state index contributed by atoms with van der Waals surface area (Å²) in [7, 11) is 2.68. The van der Waals surface area contributed by atoms with Gasteiger partial charge >= 0.3 is 12.2 Å². The second-order valence-electron chi connectivity index (χ2n) is 6.66. The van der Waals surface area contributed by atoms with Gasteiger partial charge in [-0.1, -0.05) is 30.3 Å². The number of benzene rings is 2. The molecule has 2 aromatic rings. The van der Waals surface area contributed by atoms with Crippen LogP contribution < -0.4 is 20.1 Å². The van der Waals surface area contributed by atoms with Crippen LogP contribution in [0, 0.1) is 5.92 Å². The van der Waals surface area contributed by atoms with Gasteiger partial charge in [0, 0.05) is 17.2 Å². The number of ketones is 1. The number of aliphatic hydroxyl groups is 1. The number of urea groups is 1. The molecule has 2 aromatic carbocycles. The van der Waals surface area contributed by atoms with Crippen LogP contribution in [0.25, 0.3) is 0 Å². The van der Waals surface area contributed by atoms with Crippen LogP contribution in [0.15, 0.2) is 48.5 Å². The summed E-state index contributed by atoms with van der Waals surface area (Å²) in [4.78, 5) is 25.2. The molecule has 3 atom stereocenters. The Hall–Kier alpha value is -3.27. The SMILES string of the molecule is COc1ccc(C2NC(=O)NC(O)(C(F)(F)F)C2C(=O)c2ccccc2)c(OC)c1. The van der Waals surface area contributed by atoms with Crippen molar-refractivity contribution < 1.29 is 37.3 Å². The number of rotatable bonds is 5. The molecule has 7 nitrogen and oxygen atoms in total.